The SMILES string of the molecule is S=C(NCCC[NH+]1CCOCC1)N1CCCC[C@H]1c1nc2ccccc2s1. The molecule has 2 aliphatic heterocycles. The molecule has 1 aromatic heterocycles. The normalized spacial score (nSPS) is 21.5. The van der Waals surface area contributed by atoms with Gasteiger partial charge in [0.25, 0.3) is 0 Å². The van der Waals surface area contributed by atoms with E-state index in [1.807, 2.05) is 11.3 Å². The van der Waals surface area contributed by atoms with Crippen LogP contribution in [0, 0.1) is 0 Å². The Balaban J connectivity index is 1.33. The highest BCUT2D eigenvalue weighted by atomic mass is 32.1. The van der Waals surface area contributed by atoms with E-state index in [4.69, 9.17) is 21.9 Å². The second-order valence-electron chi connectivity index (χ2n) is 7.42. The molecular formula is C20H29N4OS2+. The monoisotopic (exact) mass is 405 g/mol. The predicted octanol–water partition coefficient (Wildman–Crippen LogP) is 2.00. The average molecular weight is 406 g/mol. The van der Waals surface area contributed by atoms with Crippen molar-refractivity contribution in [3.63, 3.8) is 0 Å². The first-order valence-corrected chi connectivity index (χ1v) is 11.3. The van der Waals surface area contributed by atoms with Gasteiger partial charge in [0.05, 0.1) is 36.0 Å². The lowest BCUT2D eigenvalue weighted by Crippen LogP contribution is -3.14. The molecular weight excluding hydrogens is 376 g/mol. The number of morpholine rings is 1. The average Bonchev–Trinajstić information content (AvgIpc) is 3.16. The summed E-state index contributed by atoms with van der Waals surface area (Å²) in [6, 6.07) is 8.74. The maximum Gasteiger partial charge on any atom is 0.169 e. The van der Waals surface area contributed by atoms with Crippen LogP contribution in [-0.2, 0) is 4.74 Å². The van der Waals surface area contributed by atoms with Gasteiger partial charge in [0.2, 0.25) is 0 Å². The Morgan fingerprint density at radius 2 is 2.15 bits per heavy atom. The number of ether oxygens (including phenoxy) is 1. The van der Waals surface area contributed by atoms with Gasteiger partial charge in [-0.25, -0.2) is 4.98 Å². The Hall–Kier alpha value is -1.28. The van der Waals surface area contributed by atoms with Gasteiger partial charge in [-0.15, -0.1) is 11.3 Å². The predicted molar refractivity (Wildman–Crippen MR) is 115 cm³/mol. The number of nitrogens with one attached hydrogen (secondary N) is 2. The van der Waals surface area contributed by atoms with Crippen molar-refractivity contribution >= 4 is 38.9 Å². The molecule has 2 aromatic rings. The van der Waals surface area contributed by atoms with Crippen molar-refractivity contribution in [3.05, 3.63) is 29.3 Å². The molecule has 0 unspecified atom stereocenters. The summed E-state index contributed by atoms with van der Waals surface area (Å²) in [7, 11) is 0. The van der Waals surface area contributed by atoms with E-state index in [9.17, 15) is 0 Å². The topological polar surface area (TPSA) is 41.8 Å². The molecule has 5 nitrogen and oxygen atoms in total. The number of benzene rings is 1. The summed E-state index contributed by atoms with van der Waals surface area (Å²) in [5.41, 5.74) is 1.11. The molecule has 0 spiro atoms. The summed E-state index contributed by atoms with van der Waals surface area (Å²) in [6.45, 7) is 7.25. The second kappa shape index (κ2) is 9.28. The Morgan fingerprint density at radius 1 is 1.30 bits per heavy atom. The van der Waals surface area contributed by atoms with Gasteiger partial charge < -0.3 is 19.9 Å². The minimum atomic E-state index is 0.320. The molecule has 4 rings (SSSR count). The van der Waals surface area contributed by atoms with E-state index in [1.165, 1.54) is 29.1 Å². The quantitative estimate of drug-likeness (QED) is 0.588. The van der Waals surface area contributed by atoms with E-state index >= 15 is 0 Å². The second-order valence-corrected chi connectivity index (χ2v) is 8.87. The number of thiocarbonyl (C=S) groups is 1. The molecule has 2 fully saturated rings. The smallest absolute Gasteiger partial charge is 0.169 e. The highest BCUT2D eigenvalue weighted by molar-refractivity contribution is 7.80. The molecule has 0 radical (unpaired) electrons. The molecule has 3 heterocycles. The maximum absolute atomic E-state index is 5.77. The maximum atomic E-state index is 5.77. The number of aromatic nitrogens is 1. The number of nitrogens with zero attached hydrogens (tertiary/aromatic N) is 2. The summed E-state index contributed by atoms with van der Waals surface area (Å²) in [6.07, 6.45) is 4.75. The third kappa shape index (κ3) is 4.77. The molecule has 27 heavy (non-hydrogen) atoms. The van der Waals surface area contributed by atoms with E-state index in [2.05, 4.69) is 34.5 Å². The number of fused-ring (bicyclic) bond motifs is 1. The van der Waals surface area contributed by atoms with Crippen molar-refractivity contribution in [2.45, 2.75) is 31.7 Å². The molecule has 0 saturated carbocycles. The number of piperidine rings is 1. The summed E-state index contributed by atoms with van der Waals surface area (Å²) in [5, 5.41) is 5.62. The minimum Gasteiger partial charge on any atom is -0.370 e. The summed E-state index contributed by atoms with van der Waals surface area (Å²) in [5.74, 6) is 0. The summed E-state index contributed by atoms with van der Waals surface area (Å²) in [4.78, 5) is 8.93. The van der Waals surface area contributed by atoms with Gasteiger partial charge >= 0.3 is 0 Å². The third-order valence-corrected chi connectivity index (χ3v) is 7.06. The van der Waals surface area contributed by atoms with Crippen molar-refractivity contribution in [2.24, 2.45) is 0 Å². The zero-order chi connectivity index (χ0) is 18.5. The van der Waals surface area contributed by atoms with Crippen LogP contribution in [0.2, 0.25) is 0 Å². The van der Waals surface area contributed by atoms with Gasteiger partial charge in [-0.05, 0) is 43.6 Å². The van der Waals surface area contributed by atoms with Crippen LogP contribution in [0.5, 0.6) is 0 Å². The first kappa shape index (κ1) is 19.1. The first-order chi connectivity index (χ1) is 13.3. The Morgan fingerprint density at radius 3 is 3.00 bits per heavy atom. The molecule has 2 N–H and O–H groups in total. The fourth-order valence-corrected chi connectivity index (χ4v) is 5.45. The van der Waals surface area contributed by atoms with E-state index in [-0.39, 0.29) is 0 Å². The van der Waals surface area contributed by atoms with Crippen LogP contribution in [0.4, 0.5) is 0 Å². The van der Waals surface area contributed by atoms with Gasteiger partial charge in [0.15, 0.2) is 5.11 Å². The largest absolute Gasteiger partial charge is 0.370 e. The van der Waals surface area contributed by atoms with Crippen LogP contribution in [0.15, 0.2) is 24.3 Å². The van der Waals surface area contributed by atoms with Crippen molar-refractivity contribution in [1.29, 1.82) is 0 Å². The van der Waals surface area contributed by atoms with Gasteiger partial charge in [0, 0.05) is 19.5 Å². The van der Waals surface area contributed by atoms with Crippen LogP contribution in [-0.4, -0.2) is 60.9 Å². The number of para-hydroxylation sites is 1. The standard InChI is InChI=1S/C20H28N4OS2/c26-20(21-9-5-10-23-12-14-25-15-13-23)24-11-4-3-7-17(24)19-22-16-6-1-2-8-18(16)27-19/h1-2,6,8,17H,3-5,7,9-15H2,(H,21,26)/p+1/t17-/m0/s1. The lowest BCUT2D eigenvalue weighted by molar-refractivity contribution is -0.908. The van der Waals surface area contributed by atoms with E-state index in [1.54, 1.807) is 4.90 Å². The van der Waals surface area contributed by atoms with E-state index < -0.39 is 0 Å². The zero-order valence-corrected chi connectivity index (χ0v) is 17.4. The van der Waals surface area contributed by atoms with Crippen LogP contribution in [0.25, 0.3) is 10.2 Å². The molecule has 2 saturated heterocycles. The number of hydrogen-bond acceptors (Lipinski definition) is 4. The molecule has 0 amide bonds. The van der Waals surface area contributed by atoms with Crippen molar-refractivity contribution in [1.82, 2.24) is 15.2 Å². The van der Waals surface area contributed by atoms with Crippen molar-refractivity contribution < 1.29 is 9.64 Å². The molecule has 1 aromatic carbocycles. The first-order valence-electron chi connectivity index (χ1n) is 10.1. The lowest BCUT2D eigenvalue weighted by Gasteiger charge is -2.36. The molecule has 146 valence electrons. The Labute approximate surface area is 170 Å². The summed E-state index contributed by atoms with van der Waals surface area (Å²) < 4.78 is 6.70. The van der Waals surface area contributed by atoms with E-state index in [0.29, 0.717) is 6.04 Å². The highest BCUT2D eigenvalue weighted by Crippen LogP contribution is 2.35. The van der Waals surface area contributed by atoms with Gasteiger partial charge in [-0.2, -0.15) is 0 Å². The fourth-order valence-electron chi connectivity index (χ4n) is 4.01. The van der Waals surface area contributed by atoms with Gasteiger partial charge in [0.1, 0.15) is 18.1 Å². The van der Waals surface area contributed by atoms with Gasteiger partial charge in [-0.3, -0.25) is 0 Å². The zero-order valence-electron chi connectivity index (χ0n) is 15.8. The number of rotatable bonds is 5. The fraction of sp³-hybridized carbons (Fsp3) is 0.600. The van der Waals surface area contributed by atoms with Crippen molar-refractivity contribution in [2.75, 3.05) is 45.9 Å². The molecule has 1 atom stereocenters. The lowest BCUT2D eigenvalue weighted by atomic mass is 10.0. The number of hydrogen-bond donors (Lipinski definition) is 2. The van der Waals surface area contributed by atoms with Crippen LogP contribution < -0.4 is 10.2 Å². The summed E-state index contributed by atoms with van der Waals surface area (Å²) >= 11 is 7.58. The minimum absolute atomic E-state index is 0.320. The van der Waals surface area contributed by atoms with Crippen LogP contribution in [0.1, 0.15) is 36.7 Å². The van der Waals surface area contributed by atoms with E-state index in [0.717, 1.165) is 62.9 Å². The molecule has 7 heteroatoms. The van der Waals surface area contributed by atoms with Crippen molar-refractivity contribution in [3.8, 4) is 0 Å². The number of likely N-dealkylation sites (tertiary alicyclic amines) is 1. The Kier molecular flexibility index (Phi) is 6.55. The Bertz CT molecular complexity index is 726. The highest BCUT2D eigenvalue weighted by Gasteiger charge is 2.28. The van der Waals surface area contributed by atoms with Gasteiger partial charge in [-0.1, -0.05) is 12.1 Å². The van der Waals surface area contributed by atoms with Crippen LogP contribution in [0.3, 0.4) is 0 Å². The third-order valence-electron chi connectivity index (χ3n) is 5.54. The number of thiazole rings is 1. The molecule has 2 aliphatic rings. The molecule has 0 aliphatic carbocycles. The molecule has 0 bridgehead atoms. The van der Waals surface area contributed by atoms with Crippen LogP contribution >= 0.6 is 23.6 Å². The number of quaternary nitrogens is 1.